The lowest BCUT2D eigenvalue weighted by Crippen LogP contribution is -2.32. The van der Waals surface area contributed by atoms with Crippen molar-refractivity contribution in [1.29, 1.82) is 0 Å². The van der Waals surface area contributed by atoms with Gasteiger partial charge in [-0.2, -0.15) is 0 Å². The van der Waals surface area contributed by atoms with Crippen molar-refractivity contribution in [2.75, 3.05) is 19.6 Å². The quantitative estimate of drug-likeness (QED) is 0.871. The van der Waals surface area contributed by atoms with Crippen molar-refractivity contribution < 1.29 is 4.39 Å². The van der Waals surface area contributed by atoms with Gasteiger partial charge in [0.15, 0.2) is 0 Å². The fourth-order valence-corrected chi connectivity index (χ4v) is 2.44. The van der Waals surface area contributed by atoms with Gasteiger partial charge >= 0.3 is 0 Å². The van der Waals surface area contributed by atoms with Crippen molar-refractivity contribution in [3.05, 3.63) is 35.6 Å². The Labute approximate surface area is 103 Å². The van der Waals surface area contributed by atoms with Gasteiger partial charge in [0.05, 0.1) is 0 Å². The molecule has 2 N–H and O–H groups in total. The SMILES string of the molecule is NC(CCN1CCCCC1)c1ccccc1F. The number of halogens is 1. The first kappa shape index (κ1) is 12.5. The van der Waals surface area contributed by atoms with Gasteiger partial charge in [0.1, 0.15) is 5.82 Å². The van der Waals surface area contributed by atoms with Gasteiger partial charge in [0.2, 0.25) is 0 Å². The maximum Gasteiger partial charge on any atom is 0.127 e. The molecule has 1 aliphatic heterocycles. The molecular weight excluding hydrogens is 215 g/mol. The summed E-state index contributed by atoms with van der Waals surface area (Å²) in [4.78, 5) is 2.43. The third kappa shape index (κ3) is 3.51. The molecule has 0 aliphatic carbocycles. The summed E-state index contributed by atoms with van der Waals surface area (Å²) in [6, 6.07) is 6.64. The fraction of sp³-hybridized carbons (Fsp3) is 0.571. The Kier molecular flexibility index (Phi) is 4.51. The standard InChI is InChI=1S/C14H21FN2/c15-13-7-3-2-6-12(13)14(16)8-11-17-9-4-1-5-10-17/h2-3,6-7,14H,1,4-5,8-11,16H2. The molecule has 1 fully saturated rings. The van der Waals surface area contributed by atoms with E-state index in [9.17, 15) is 4.39 Å². The number of piperidine rings is 1. The summed E-state index contributed by atoms with van der Waals surface area (Å²) < 4.78 is 13.5. The first-order valence-electron chi connectivity index (χ1n) is 6.50. The van der Waals surface area contributed by atoms with Crippen molar-refractivity contribution in [2.24, 2.45) is 5.73 Å². The van der Waals surface area contributed by atoms with E-state index in [0.717, 1.165) is 13.0 Å². The van der Waals surface area contributed by atoms with E-state index in [1.165, 1.54) is 38.4 Å². The average Bonchev–Trinajstić information content (AvgIpc) is 2.38. The van der Waals surface area contributed by atoms with Gasteiger partial charge in [0.25, 0.3) is 0 Å². The van der Waals surface area contributed by atoms with Crippen LogP contribution in [-0.2, 0) is 0 Å². The lowest BCUT2D eigenvalue weighted by atomic mass is 10.0. The van der Waals surface area contributed by atoms with Crippen LogP contribution < -0.4 is 5.73 Å². The van der Waals surface area contributed by atoms with Crippen LogP contribution in [0, 0.1) is 5.82 Å². The predicted molar refractivity (Wildman–Crippen MR) is 68.2 cm³/mol. The molecule has 0 amide bonds. The van der Waals surface area contributed by atoms with Crippen molar-refractivity contribution >= 4 is 0 Å². The maximum absolute atomic E-state index is 13.5. The molecule has 1 aromatic carbocycles. The molecule has 1 aliphatic rings. The van der Waals surface area contributed by atoms with Gasteiger partial charge in [-0.25, -0.2) is 4.39 Å². The van der Waals surface area contributed by atoms with E-state index in [-0.39, 0.29) is 11.9 Å². The Morgan fingerprint density at radius 1 is 1.18 bits per heavy atom. The Morgan fingerprint density at radius 3 is 2.59 bits per heavy atom. The number of rotatable bonds is 4. The van der Waals surface area contributed by atoms with Crippen molar-refractivity contribution in [1.82, 2.24) is 4.90 Å². The number of nitrogens with two attached hydrogens (primary N) is 1. The number of nitrogens with zero attached hydrogens (tertiary/aromatic N) is 1. The highest BCUT2D eigenvalue weighted by Gasteiger charge is 2.14. The highest BCUT2D eigenvalue weighted by atomic mass is 19.1. The molecule has 1 aromatic rings. The summed E-state index contributed by atoms with van der Waals surface area (Å²) >= 11 is 0. The molecule has 0 spiro atoms. The number of hydrogen-bond donors (Lipinski definition) is 1. The molecular formula is C14H21FN2. The lowest BCUT2D eigenvalue weighted by Gasteiger charge is -2.27. The molecule has 0 saturated carbocycles. The minimum Gasteiger partial charge on any atom is -0.324 e. The topological polar surface area (TPSA) is 29.3 Å². The van der Waals surface area contributed by atoms with Gasteiger partial charge in [-0.3, -0.25) is 0 Å². The van der Waals surface area contributed by atoms with E-state index in [2.05, 4.69) is 4.90 Å². The summed E-state index contributed by atoms with van der Waals surface area (Å²) in [7, 11) is 0. The molecule has 1 saturated heterocycles. The van der Waals surface area contributed by atoms with Gasteiger partial charge in [-0.15, -0.1) is 0 Å². The van der Waals surface area contributed by atoms with Crippen molar-refractivity contribution in [2.45, 2.75) is 31.7 Å². The van der Waals surface area contributed by atoms with Gasteiger partial charge in [0, 0.05) is 11.6 Å². The minimum atomic E-state index is -0.182. The Morgan fingerprint density at radius 2 is 1.88 bits per heavy atom. The normalized spacial score (nSPS) is 19.2. The van der Waals surface area contributed by atoms with Crippen LogP contribution in [0.3, 0.4) is 0 Å². The lowest BCUT2D eigenvalue weighted by molar-refractivity contribution is 0.221. The smallest absolute Gasteiger partial charge is 0.127 e. The molecule has 0 bridgehead atoms. The van der Waals surface area contributed by atoms with E-state index in [4.69, 9.17) is 5.73 Å². The van der Waals surface area contributed by atoms with Crippen molar-refractivity contribution in [3.8, 4) is 0 Å². The highest BCUT2D eigenvalue weighted by molar-refractivity contribution is 5.20. The van der Waals surface area contributed by atoms with E-state index in [0.29, 0.717) is 5.56 Å². The molecule has 3 heteroatoms. The summed E-state index contributed by atoms with van der Waals surface area (Å²) in [6.45, 7) is 3.32. The van der Waals surface area contributed by atoms with Crippen LogP contribution in [0.2, 0.25) is 0 Å². The first-order valence-corrected chi connectivity index (χ1v) is 6.50. The summed E-state index contributed by atoms with van der Waals surface area (Å²) in [5, 5.41) is 0. The van der Waals surface area contributed by atoms with E-state index >= 15 is 0 Å². The number of hydrogen-bond acceptors (Lipinski definition) is 2. The second-order valence-corrected chi connectivity index (χ2v) is 4.82. The van der Waals surface area contributed by atoms with Crippen LogP contribution in [0.1, 0.15) is 37.3 Å². The minimum absolute atomic E-state index is 0.182. The molecule has 0 radical (unpaired) electrons. The molecule has 17 heavy (non-hydrogen) atoms. The van der Waals surface area contributed by atoms with E-state index < -0.39 is 0 Å². The van der Waals surface area contributed by atoms with Gasteiger partial charge < -0.3 is 10.6 Å². The molecule has 2 rings (SSSR count). The molecule has 1 heterocycles. The summed E-state index contributed by atoms with van der Waals surface area (Å²) in [5.74, 6) is -0.182. The van der Waals surface area contributed by atoms with Crippen LogP contribution >= 0.6 is 0 Å². The van der Waals surface area contributed by atoms with Crippen LogP contribution in [0.5, 0.6) is 0 Å². The molecule has 1 atom stereocenters. The Hall–Kier alpha value is -0.930. The van der Waals surface area contributed by atoms with E-state index in [1.54, 1.807) is 12.1 Å². The monoisotopic (exact) mass is 236 g/mol. The third-order valence-corrected chi connectivity index (χ3v) is 3.51. The Balaban J connectivity index is 1.84. The first-order chi connectivity index (χ1) is 8.27. The van der Waals surface area contributed by atoms with Gasteiger partial charge in [-0.1, -0.05) is 24.6 Å². The molecule has 0 aromatic heterocycles. The number of benzene rings is 1. The second-order valence-electron chi connectivity index (χ2n) is 4.82. The van der Waals surface area contributed by atoms with Crippen LogP contribution in [0.15, 0.2) is 24.3 Å². The molecule has 94 valence electrons. The van der Waals surface area contributed by atoms with Crippen LogP contribution in [0.25, 0.3) is 0 Å². The van der Waals surface area contributed by atoms with Crippen molar-refractivity contribution in [3.63, 3.8) is 0 Å². The molecule has 2 nitrogen and oxygen atoms in total. The maximum atomic E-state index is 13.5. The predicted octanol–water partition coefficient (Wildman–Crippen LogP) is 2.70. The third-order valence-electron chi connectivity index (χ3n) is 3.51. The highest BCUT2D eigenvalue weighted by Crippen LogP contribution is 2.18. The van der Waals surface area contributed by atoms with Crippen LogP contribution in [-0.4, -0.2) is 24.5 Å². The molecule has 1 unspecified atom stereocenters. The zero-order valence-corrected chi connectivity index (χ0v) is 10.2. The van der Waals surface area contributed by atoms with E-state index in [1.807, 2.05) is 6.07 Å². The fourth-order valence-electron chi connectivity index (χ4n) is 2.44. The zero-order chi connectivity index (χ0) is 12.1. The number of likely N-dealkylation sites (tertiary alicyclic amines) is 1. The van der Waals surface area contributed by atoms with Crippen LogP contribution in [0.4, 0.5) is 4.39 Å². The summed E-state index contributed by atoms with van der Waals surface area (Å²) in [6.07, 6.45) is 4.75. The van der Waals surface area contributed by atoms with Gasteiger partial charge in [-0.05, 0) is 45.0 Å². The summed E-state index contributed by atoms with van der Waals surface area (Å²) in [5.41, 5.74) is 6.69. The largest absolute Gasteiger partial charge is 0.324 e. The Bertz CT molecular complexity index is 348. The average molecular weight is 236 g/mol. The zero-order valence-electron chi connectivity index (χ0n) is 10.2. The second kappa shape index (κ2) is 6.12.